The van der Waals surface area contributed by atoms with Gasteiger partial charge in [-0.05, 0) is 30.3 Å². The molecule has 0 heterocycles. The molecule has 0 bridgehead atoms. The molecule has 1 N–H and O–H groups in total. The van der Waals surface area contributed by atoms with Crippen molar-refractivity contribution in [2.75, 3.05) is 11.8 Å². The predicted molar refractivity (Wildman–Crippen MR) is 88.4 cm³/mol. The van der Waals surface area contributed by atoms with E-state index >= 15 is 0 Å². The van der Waals surface area contributed by atoms with Gasteiger partial charge in [-0.1, -0.05) is 51.3 Å². The molecular formula is C13H11BrCl2NO2P. The van der Waals surface area contributed by atoms with Gasteiger partial charge in [0.2, 0.25) is 0 Å². The van der Waals surface area contributed by atoms with Crippen LogP contribution in [0.15, 0.2) is 46.9 Å². The molecule has 0 saturated carbocycles. The van der Waals surface area contributed by atoms with Gasteiger partial charge in [-0.3, -0.25) is 4.57 Å². The molecular weight excluding hydrogens is 384 g/mol. The Bertz CT molecular complexity index is 681. The molecule has 3 nitrogen and oxygen atoms in total. The lowest BCUT2D eigenvalue weighted by Crippen LogP contribution is -2.02. The fourth-order valence-corrected chi connectivity index (χ4v) is 3.52. The number of halogens is 3. The summed E-state index contributed by atoms with van der Waals surface area (Å²) in [6.45, 7) is 1.48. The lowest BCUT2D eigenvalue weighted by atomic mass is 10.3. The Balaban J connectivity index is 2.19. The number of nitrogens with one attached hydrogen (secondary N) is 1. The van der Waals surface area contributed by atoms with E-state index in [1.807, 2.05) is 12.1 Å². The number of anilines is 1. The highest BCUT2D eigenvalue weighted by atomic mass is 79.9. The fraction of sp³-hybridized carbons (Fsp3) is 0.0769. The zero-order chi connectivity index (χ0) is 14.8. The highest BCUT2D eigenvalue weighted by molar-refractivity contribution is 9.10. The molecule has 0 aromatic heterocycles. The maximum atomic E-state index is 12.5. The second-order valence-corrected chi connectivity index (χ2v) is 7.91. The van der Waals surface area contributed by atoms with E-state index in [0.717, 1.165) is 4.47 Å². The van der Waals surface area contributed by atoms with Gasteiger partial charge in [0.1, 0.15) is 10.8 Å². The summed E-state index contributed by atoms with van der Waals surface area (Å²) in [5, 5.41) is 3.45. The first-order valence-electron chi connectivity index (χ1n) is 5.62. The van der Waals surface area contributed by atoms with Crippen LogP contribution in [0.5, 0.6) is 5.75 Å². The Morgan fingerprint density at radius 3 is 2.60 bits per heavy atom. The topological polar surface area (TPSA) is 38.3 Å². The van der Waals surface area contributed by atoms with Crippen molar-refractivity contribution < 1.29 is 9.09 Å². The van der Waals surface area contributed by atoms with Crippen LogP contribution in [0, 0.1) is 0 Å². The Kier molecular flexibility index (Phi) is 5.03. The van der Waals surface area contributed by atoms with Crippen LogP contribution in [0.2, 0.25) is 10.0 Å². The Morgan fingerprint density at radius 1 is 1.20 bits per heavy atom. The molecule has 2 aromatic carbocycles. The molecule has 0 aliphatic carbocycles. The quantitative estimate of drug-likeness (QED) is 0.639. The minimum Gasteiger partial charge on any atom is -0.427 e. The van der Waals surface area contributed by atoms with Crippen LogP contribution in [0.25, 0.3) is 0 Å². The van der Waals surface area contributed by atoms with Crippen molar-refractivity contribution in [2.45, 2.75) is 0 Å². The van der Waals surface area contributed by atoms with Crippen molar-refractivity contribution in [3.05, 3.63) is 57.0 Å². The molecule has 2 aromatic rings. The predicted octanol–water partition coefficient (Wildman–Crippen LogP) is 6.07. The summed E-state index contributed by atoms with van der Waals surface area (Å²) in [5.41, 5.74) is 0.684. The number of benzene rings is 2. The molecule has 0 radical (unpaired) electrons. The lowest BCUT2D eigenvalue weighted by molar-refractivity contribution is 0.493. The maximum Gasteiger partial charge on any atom is 0.338 e. The molecule has 0 fully saturated rings. The Hall–Kier alpha value is -0.670. The normalized spacial score (nSPS) is 13.6. The highest BCUT2D eigenvalue weighted by Crippen LogP contribution is 2.46. The van der Waals surface area contributed by atoms with E-state index in [9.17, 15) is 4.57 Å². The number of rotatable bonds is 4. The van der Waals surface area contributed by atoms with Gasteiger partial charge in [0.05, 0.1) is 5.02 Å². The van der Waals surface area contributed by atoms with Crippen LogP contribution in [-0.4, -0.2) is 6.66 Å². The molecule has 7 heteroatoms. The molecule has 106 valence electrons. The smallest absolute Gasteiger partial charge is 0.338 e. The zero-order valence-electron chi connectivity index (χ0n) is 10.4. The Labute approximate surface area is 135 Å². The van der Waals surface area contributed by atoms with Crippen molar-refractivity contribution in [3.8, 4) is 5.75 Å². The van der Waals surface area contributed by atoms with Crippen LogP contribution in [0.4, 0.5) is 5.69 Å². The molecule has 0 aliphatic rings. The lowest BCUT2D eigenvalue weighted by Gasteiger charge is -2.18. The van der Waals surface area contributed by atoms with Crippen LogP contribution in [0.1, 0.15) is 0 Å². The molecule has 0 aliphatic heterocycles. The van der Waals surface area contributed by atoms with Crippen molar-refractivity contribution >= 4 is 52.3 Å². The largest absolute Gasteiger partial charge is 0.427 e. The van der Waals surface area contributed by atoms with Gasteiger partial charge in [0.15, 0.2) is 0 Å². The summed E-state index contributed by atoms with van der Waals surface area (Å²) < 4.78 is 18.8. The minimum atomic E-state index is -3.12. The molecule has 1 atom stereocenters. The number of hydrogen-bond donors (Lipinski definition) is 1. The molecule has 20 heavy (non-hydrogen) atoms. The van der Waals surface area contributed by atoms with E-state index < -0.39 is 7.52 Å². The van der Waals surface area contributed by atoms with Crippen LogP contribution in [-0.2, 0) is 4.57 Å². The fourth-order valence-electron chi connectivity index (χ4n) is 1.56. The first kappa shape index (κ1) is 15.7. The van der Waals surface area contributed by atoms with Gasteiger partial charge in [0.25, 0.3) is 0 Å². The van der Waals surface area contributed by atoms with Crippen molar-refractivity contribution in [3.63, 3.8) is 0 Å². The molecule has 0 unspecified atom stereocenters. The second-order valence-electron chi connectivity index (χ2n) is 4.11. The van der Waals surface area contributed by atoms with Crippen molar-refractivity contribution in [2.24, 2.45) is 0 Å². The summed E-state index contributed by atoms with van der Waals surface area (Å²) in [7, 11) is -3.12. The van der Waals surface area contributed by atoms with Crippen LogP contribution >= 0.6 is 46.7 Å². The van der Waals surface area contributed by atoms with E-state index in [2.05, 4.69) is 21.0 Å². The molecule has 0 saturated heterocycles. The molecule has 2 rings (SSSR count). The van der Waals surface area contributed by atoms with Gasteiger partial charge < -0.3 is 9.61 Å². The van der Waals surface area contributed by atoms with Gasteiger partial charge >= 0.3 is 7.52 Å². The second kappa shape index (κ2) is 6.40. The van der Waals surface area contributed by atoms with Gasteiger partial charge in [0, 0.05) is 16.8 Å². The Morgan fingerprint density at radius 2 is 1.90 bits per heavy atom. The monoisotopic (exact) mass is 393 g/mol. The average molecular weight is 395 g/mol. The van der Waals surface area contributed by atoms with E-state index in [1.54, 1.807) is 30.3 Å². The average Bonchev–Trinajstić information content (AvgIpc) is 2.34. The third-order valence-electron chi connectivity index (χ3n) is 2.35. The van der Waals surface area contributed by atoms with Crippen LogP contribution < -0.4 is 9.61 Å². The van der Waals surface area contributed by atoms with Crippen molar-refractivity contribution in [1.29, 1.82) is 0 Å². The van der Waals surface area contributed by atoms with E-state index in [0.29, 0.717) is 10.7 Å². The minimum absolute atomic E-state index is 0.243. The first-order valence-corrected chi connectivity index (χ1v) is 9.24. The molecule has 0 amide bonds. The van der Waals surface area contributed by atoms with E-state index in [-0.39, 0.29) is 10.8 Å². The zero-order valence-corrected chi connectivity index (χ0v) is 14.4. The third kappa shape index (κ3) is 4.16. The SMILES string of the molecule is C[P@](=O)(Nc1cccc(Br)c1)Oc1cccc(Cl)c1Cl. The highest BCUT2D eigenvalue weighted by Gasteiger charge is 2.19. The third-order valence-corrected chi connectivity index (χ3v) is 4.85. The van der Waals surface area contributed by atoms with Crippen molar-refractivity contribution in [1.82, 2.24) is 0 Å². The maximum absolute atomic E-state index is 12.5. The summed E-state index contributed by atoms with van der Waals surface area (Å²) in [4.78, 5) is 0. The first-order chi connectivity index (χ1) is 9.37. The summed E-state index contributed by atoms with van der Waals surface area (Å²) >= 11 is 15.3. The summed E-state index contributed by atoms with van der Waals surface area (Å²) in [6.07, 6.45) is 0. The van der Waals surface area contributed by atoms with E-state index in [1.165, 1.54) is 6.66 Å². The van der Waals surface area contributed by atoms with Crippen LogP contribution in [0.3, 0.4) is 0 Å². The summed E-state index contributed by atoms with van der Waals surface area (Å²) in [6, 6.07) is 12.2. The summed E-state index contributed by atoms with van der Waals surface area (Å²) in [5.74, 6) is 0.285. The van der Waals surface area contributed by atoms with Gasteiger partial charge in [-0.2, -0.15) is 0 Å². The molecule has 0 spiro atoms. The standard InChI is InChI=1S/C13H11BrCl2NO2P/c1-20(18,17-10-5-2-4-9(14)8-10)19-12-7-3-6-11(15)13(12)16/h2-8H,1H3,(H,17,18)/t20-/m1/s1. The number of hydrogen-bond acceptors (Lipinski definition) is 2. The van der Waals surface area contributed by atoms with Gasteiger partial charge in [-0.25, -0.2) is 0 Å². The van der Waals surface area contributed by atoms with Gasteiger partial charge in [-0.15, -0.1) is 0 Å². The van der Waals surface area contributed by atoms with E-state index in [4.69, 9.17) is 27.7 Å².